The van der Waals surface area contributed by atoms with Gasteiger partial charge in [-0.2, -0.15) is 5.10 Å². The van der Waals surface area contributed by atoms with Crippen LogP contribution < -0.4 is 10.1 Å². The standard InChI is InChI=1S/C21H25N5O2/c27-21(4-2-12-26-15-22-14-24-26)25-17-5-7-18(8-6-17)28-19-9-10-20-16(13-19)3-1-11-23-20/h1,3,9-11,13-15,17-18H,2,4-8,12H2,(H,25,27). The van der Waals surface area contributed by atoms with Crippen LogP contribution in [-0.4, -0.2) is 37.8 Å². The molecule has 0 radical (unpaired) electrons. The van der Waals surface area contributed by atoms with Crippen molar-refractivity contribution in [1.29, 1.82) is 0 Å². The number of rotatable bonds is 7. The predicted molar refractivity (Wildman–Crippen MR) is 106 cm³/mol. The molecule has 0 spiro atoms. The van der Waals surface area contributed by atoms with Crippen LogP contribution in [0.3, 0.4) is 0 Å². The van der Waals surface area contributed by atoms with Crippen molar-refractivity contribution in [1.82, 2.24) is 25.1 Å². The fourth-order valence-corrected chi connectivity index (χ4v) is 3.69. The first kappa shape index (κ1) is 18.4. The zero-order valence-electron chi connectivity index (χ0n) is 15.8. The number of ether oxygens (including phenoxy) is 1. The van der Waals surface area contributed by atoms with Gasteiger partial charge < -0.3 is 10.1 Å². The van der Waals surface area contributed by atoms with Gasteiger partial charge in [0.1, 0.15) is 18.4 Å². The Balaban J connectivity index is 1.19. The van der Waals surface area contributed by atoms with E-state index < -0.39 is 0 Å². The Kier molecular flexibility index (Phi) is 5.80. The van der Waals surface area contributed by atoms with Crippen LogP contribution in [0.5, 0.6) is 5.75 Å². The molecule has 1 N–H and O–H groups in total. The normalized spacial score (nSPS) is 19.4. The van der Waals surface area contributed by atoms with Crippen LogP contribution in [0.1, 0.15) is 38.5 Å². The van der Waals surface area contributed by atoms with Crippen molar-refractivity contribution in [3.63, 3.8) is 0 Å². The molecular formula is C21H25N5O2. The Bertz CT molecular complexity index is 904. The summed E-state index contributed by atoms with van der Waals surface area (Å²) in [6.45, 7) is 0.718. The molecule has 2 aromatic heterocycles. The molecule has 0 unspecified atom stereocenters. The number of aryl methyl sites for hydroxylation is 1. The average Bonchev–Trinajstić information content (AvgIpc) is 3.23. The van der Waals surface area contributed by atoms with E-state index in [1.54, 1.807) is 17.2 Å². The zero-order valence-corrected chi connectivity index (χ0v) is 15.8. The molecule has 4 rings (SSSR count). The van der Waals surface area contributed by atoms with E-state index in [0.717, 1.165) is 55.3 Å². The van der Waals surface area contributed by atoms with Crippen LogP contribution in [0.2, 0.25) is 0 Å². The number of fused-ring (bicyclic) bond motifs is 1. The Hall–Kier alpha value is -2.96. The highest BCUT2D eigenvalue weighted by Gasteiger charge is 2.23. The highest BCUT2D eigenvalue weighted by Crippen LogP contribution is 2.26. The van der Waals surface area contributed by atoms with Crippen molar-refractivity contribution in [3.05, 3.63) is 49.2 Å². The van der Waals surface area contributed by atoms with Gasteiger partial charge in [0.05, 0.1) is 11.6 Å². The minimum Gasteiger partial charge on any atom is -0.490 e. The summed E-state index contributed by atoms with van der Waals surface area (Å²) in [6, 6.07) is 10.3. The van der Waals surface area contributed by atoms with Crippen molar-refractivity contribution >= 4 is 16.8 Å². The third kappa shape index (κ3) is 4.85. The molecule has 146 valence electrons. The minimum atomic E-state index is 0.117. The summed E-state index contributed by atoms with van der Waals surface area (Å²) in [5.74, 6) is 1.01. The number of nitrogens with zero attached hydrogens (tertiary/aromatic N) is 4. The summed E-state index contributed by atoms with van der Waals surface area (Å²) in [5, 5.41) is 8.29. The third-order valence-corrected chi connectivity index (χ3v) is 5.17. The van der Waals surface area contributed by atoms with E-state index >= 15 is 0 Å². The van der Waals surface area contributed by atoms with Gasteiger partial charge in [-0.25, -0.2) is 4.98 Å². The number of pyridine rings is 1. The van der Waals surface area contributed by atoms with E-state index in [9.17, 15) is 4.79 Å². The summed E-state index contributed by atoms with van der Waals surface area (Å²) in [7, 11) is 0. The summed E-state index contributed by atoms with van der Waals surface area (Å²) in [5.41, 5.74) is 0.977. The molecule has 1 saturated carbocycles. The topological polar surface area (TPSA) is 81.9 Å². The number of amides is 1. The predicted octanol–water partition coefficient (Wildman–Crippen LogP) is 3.11. The highest BCUT2D eigenvalue weighted by molar-refractivity contribution is 5.79. The number of hydrogen-bond acceptors (Lipinski definition) is 5. The van der Waals surface area contributed by atoms with Gasteiger partial charge in [0.2, 0.25) is 5.91 Å². The first-order chi connectivity index (χ1) is 13.8. The van der Waals surface area contributed by atoms with Crippen LogP contribution in [0.25, 0.3) is 10.9 Å². The van der Waals surface area contributed by atoms with E-state index in [4.69, 9.17) is 4.74 Å². The largest absolute Gasteiger partial charge is 0.490 e. The van der Waals surface area contributed by atoms with Crippen LogP contribution in [0.4, 0.5) is 0 Å². The Labute approximate surface area is 164 Å². The quantitative estimate of drug-likeness (QED) is 0.682. The van der Waals surface area contributed by atoms with Crippen LogP contribution in [0, 0.1) is 0 Å². The number of nitrogens with one attached hydrogen (secondary N) is 1. The van der Waals surface area contributed by atoms with Crippen molar-refractivity contribution in [2.45, 2.75) is 57.2 Å². The van der Waals surface area contributed by atoms with Gasteiger partial charge in [-0.3, -0.25) is 14.5 Å². The molecule has 28 heavy (non-hydrogen) atoms. The number of hydrogen-bond donors (Lipinski definition) is 1. The summed E-state index contributed by atoms with van der Waals surface area (Å²) in [4.78, 5) is 20.4. The lowest BCUT2D eigenvalue weighted by Crippen LogP contribution is -2.39. The van der Waals surface area contributed by atoms with Gasteiger partial charge in [0, 0.05) is 30.6 Å². The summed E-state index contributed by atoms with van der Waals surface area (Å²) in [6.07, 6.45) is 10.3. The van der Waals surface area contributed by atoms with Crippen molar-refractivity contribution in [3.8, 4) is 5.75 Å². The Morgan fingerprint density at radius 2 is 2.11 bits per heavy atom. The molecule has 1 aliphatic carbocycles. The maximum atomic E-state index is 12.1. The highest BCUT2D eigenvalue weighted by atomic mass is 16.5. The molecule has 1 amide bonds. The lowest BCUT2D eigenvalue weighted by Gasteiger charge is -2.29. The van der Waals surface area contributed by atoms with Crippen molar-refractivity contribution in [2.24, 2.45) is 0 Å². The molecule has 0 bridgehead atoms. The molecule has 3 aromatic rings. The Morgan fingerprint density at radius 3 is 2.93 bits per heavy atom. The smallest absolute Gasteiger partial charge is 0.220 e. The van der Waals surface area contributed by atoms with E-state index in [1.165, 1.54) is 6.33 Å². The van der Waals surface area contributed by atoms with Gasteiger partial charge in [0.25, 0.3) is 0 Å². The first-order valence-corrected chi connectivity index (χ1v) is 9.89. The van der Waals surface area contributed by atoms with E-state index in [2.05, 4.69) is 20.4 Å². The van der Waals surface area contributed by atoms with E-state index in [1.807, 2.05) is 30.3 Å². The molecule has 0 aliphatic heterocycles. The monoisotopic (exact) mass is 379 g/mol. The van der Waals surface area contributed by atoms with Crippen LogP contribution in [-0.2, 0) is 11.3 Å². The second kappa shape index (κ2) is 8.82. The molecule has 2 heterocycles. The molecule has 0 atom stereocenters. The number of carbonyl (C=O) groups is 1. The van der Waals surface area contributed by atoms with E-state index in [-0.39, 0.29) is 18.1 Å². The molecular weight excluding hydrogens is 354 g/mol. The maximum absolute atomic E-state index is 12.1. The molecule has 7 nitrogen and oxygen atoms in total. The fraction of sp³-hybridized carbons (Fsp3) is 0.429. The SMILES string of the molecule is O=C(CCCn1cncn1)NC1CCC(Oc2ccc3ncccc3c2)CC1. The van der Waals surface area contributed by atoms with Crippen molar-refractivity contribution < 1.29 is 9.53 Å². The molecule has 7 heteroatoms. The number of carbonyl (C=O) groups excluding carboxylic acids is 1. The Morgan fingerprint density at radius 1 is 1.21 bits per heavy atom. The van der Waals surface area contributed by atoms with Gasteiger partial charge in [-0.1, -0.05) is 6.07 Å². The number of aromatic nitrogens is 4. The van der Waals surface area contributed by atoms with Gasteiger partial charge in [-0.15, -0.1) is 0 Å². The van der Waals surface area contributed by atoms with Gasteiger partial charge in [0.15, 0.2) is 0 Å². The van der Waals surface area contributed by atoms with Crippen molar-refractivity contribution in [2.75, 3.05) is 0 Å². The molecule has 0 saturated heterocycles. The average molecular weight is 379 g/mol. The zero-order chi connectivity index (χ0) is 19.2. The molecule has 1 aromatic carbocycles. The fourth-order valence-electron chi connectivity index (χ4n) is 3.69. The van der Waals surface area contributed by atoms with Crippen LogP contribution >= 0.6 is 0 Å². The summed E-state index contributed by atoms with van der Waals surface area (Å²) < 4.78 is 7.92. The summed E-state index contributed by atoms with van der Waals surface area (Å²) >= 11 is 0. The van der Waals surface area contributed by atoms with E-state index in [0.29, 0.717) is 6.42 Å². The van der Waals surface area contributed by atoms with Crippen LogP contribution in [0.15, 0.2) is 49.2 Å². The molecule has 1 fully saturated rings. The lowest BCUT2D eigenvalue weighted by atomic mass is 9.92. The third-order valence-electron chi connectivity index (χ3n) is 5.17. The van der Waals surface area contributed by atoms with Gasteiger partial charge >= 0.3 is 0 Å². The second-order valence-corrected chi connectivity index (χ2v) is 7.28. The molecule has 1 aliphatic rings. The maximum Gasteiger partial charge on any atom is 0.220 e. The number of benzene rings is 1. The first-order valence-electron chi connectivity index (χ1n) is 9.89. The van der Waals surface area contributed by atoms with Gasteiger partial charge in [-0.05, 0) is 56.4 Å². The second-order valence-electron chi connectivity index (χ2n) is 7.28. The minimum absolute atomic E-state index is 0.117. The lowest BCUT2D eigenvalue weighted by molar-refractivity contribution is -0.122.